The molecule has 0 aliphatic carbocycles. The maximum absolute atomic E-state index is 4.61. The van der Waals surface area contributed by atoms with Gasteiger partial charge in [-0.25, -0.2) is 0 Å². The van der Waals surface area contributed by atoms with E-state index in [0.29, 0.717) is 0 Å². The molecule has 0 spiro atoms. The van der Waals surface area contributed by atoms with Crippen LogP contribution in [0.1, 0.15) is 49.3 Å². The number of hydrogen-bond acceptors (Lipinski definition) is 2. The van der Waals surface area contributed by atoms with E-state index < -0.39 is 0 Å². The van der Waals surface area contributed by atoms with Crippen LogP contribution in [0, 0.1) is 23.7 Å². The van der Waals surface area contributed by atoms with Crippen molar-refractivity contribution >= 4 is 23.1 Å². The smallest absolute Gasteiger partial charge is 0.0740 e. The first-order chi connectivity index (χ1) is 14.8. The first-order valence-corrected chi connectivity index (χ1v) is 10.6. The minimum Gasteiger partial charge on any atom is -0.195 e. The van der Waals surface area contributed by atoms with Crippen molar-refractivity contribution in [2.75, 3.05) is 0 Å². The molecule has 0 bridgehead atoms. The fraction of sp³-hybridized carbons (Fsp3) is 0.179. The Morgan fingerprint density at radius 3 is 1.67 bits per heavy atom. The van der Waals surface area contributed by atoms with E-state index in [4.69, 9.17) is 0 Å². The molecule has 0 atom stereocenters. The monoisotopic (exact) mass is 405 g/mol. The second-order valence-corrected chi connectivity index (χ2v) is 7.10. The van der Waals surface area contributed by atoms with E-state index in [0.717, 1.165) is 28.8 Å². The molecule has 0 heterocycles. The van der Waals surface area contributed by atoms with Crippen LogP contribution >= 0.6 is 12.2 Å². The molecule has 1 nitrogen and oxygen atoms in total. The lowest BCUT2D eigenvalue weighted by Gasteiger charge is -2.02. The molecule has 0 unspecified atom stereocenters. The van der Waals surface area contributed by atoms with Crippen LogP contribution in [0.4, 0.5) is 5.69 Å². The maximum atomic E-state index is 4.61. The Morgan fingerprint density at radius 1 is 0.667 bits per heavy atom. The van der Waals surface area contributed by atoms with Crippen molar-refractivity contribution in [1.29, 1.82) is 0 Å². The Labute approximate surface area is 184 Å². The lowest BCUT2D eigenvalue weighted by atomic mass is 10.0. The summed E-state index contributed by atoms with van der Waals surface area (Å²) in [6.07, 6.45) is 4.65. The lowest BCUT2D eigenvalue weighted by molar-refractivity contribution is 0.737. The molecule has 0 saturated carbocycles. The molecule has 2 heteroatoms. The summed E-state index contributed by atoms with van der Waals surface area (Å²) >= 11 is 4.61. The van der Waals surface area contributed by atoms with Crippen LogP contribution < -0.4 is 0 Å². The van der Waals surface area contributed by atoms with Gasteiger partial charge in [-0.1, -0.05) is 67.7 Å². The molecule has 146 valence electrons. The van der Waals surface area contributed by atoms with Crippen molar-refractivity contribution in [1.82, 2.24) is 0 Å². The molecule has 0 amide bonds. The van der Waals surface area contributed by atoms with E-state index in [1.807, 2.05) is 24.3 Å². The van der Waals surface area contributed by atoms with Crippen LogP contribution in [-0.4, -0.2) is 5.16 Å². The van der Waals surface area contributed by atoms with Crippen LogP contribution in [0.5, 0.6) is 0 Å². The van der Waals surface area contributed by atoms with Crippen LogP contribution in [-0.2, 0) is 0 Å². The van der Waals surface area contributed by atoms with E-state index in [-0.39, 0.29) is 0 Å². The third-order valence-electron chi connectivity index (χ3n) is 4.63. The van der Waals surface area contributed by atoms with Gasteiger partial charge in [-0.05, 0) is 78.3 Å². The van der Waals surface area contributed by atoms with Gasteiger partial charge in [0.25, 0.3) is 0 Å². The molecule has 3 aromatic rings. The van der Waals surface area contributed by atoms with Crippen molar-refractivity contribution in [3.63, 3.8) is 0 Å². The first kappa shape index (κ1) is 21.3. The van der Waals surface area contributed by atoms with E-state index in [2.05, 4.69) is 102 Å². The van der Waals surface area contributed by atoms with Crippen molar-refractivity contribution in [2.24, 2.45) is 4.99 Å². The Kier molecular flexibility index (Phi) is 8.20. The van der Waals surface area contributed by atoms with Crippen molar-refractivity contribution < 1.29 is 0 Å². The van der Waals surface area contributed by atoms with Gasteiger partial charge in [0.05, 0.1) is 10.8 Å². The Hall–Kier alpha value is -3.42. The lowest BCUT2D eigenvalue weighted by Crippen LogP contribution is -1.81. The van der Waals surface area contributed by atoms with Gasteiger partial charge in [-0.15, -0.1) is 0 Å². The number of aliphatic imine (C=N–C) groups is 1. The van der Waals surface area contributed by atoms with E-state index >= 15 is 0 Å². The van der Waals surface area contributed by atoms with Gasteiger partial charge in [0, 0.05) is 23.1 Å². The fourth-order valence-corrected chi connectivity index (χ4v) is 3.04. The quantitative estimate of drug-likeness (QED) is 0.186. The first-order valence-electron chi connectivity index (χ1n) is 10.2. The highest BCUT2D eigenvalue weighted by atomic mass is 32.1. The Balaban J connectivity index is 1.63. The topological polar surface area (TPSA) is 12.4 Å². The van der Waals surface area contributed by atoms with Gasteiger partial charge in [0.15, 0.2) is 0 Å². The van der Waals surface area contributed by atoms with Gasteiger partial charge in [0.2, 0.25) is 0 Å². The average Bonchev–Trinajstić information content (AvgIpc) is 2.79. The van der Waals surface area contributed by atoms with Crippen molar-refractivity contribution in [2.45, 2.75) is 32.6 Å². The van der Waals surface area contributed by atoms with Gasteiger partial charge >= 0.3 is 0 Å². The molecule has 0 aromatic heterocycles. The number of unbranched alkanes of at least 4 members (excludes halogenated alkanes) is 3. The molecule has 3 rings (SSSR count). The zero-order valence-corrected chi connectivity index (χ0v) is 17.9. The molecule has 0 fully saturated rings. The summed E-state index contributed by atoms with van der Waals surface area (Å²) in [4.78, 5) is 3.94. The summed E-state index contributed by atoms with van der Waals surface area (Å²) in [5, 5.41) is 2.36. The summed E-state index contributed by atoms with van der Waals surface area (Å²) in [6.45, 7) is 2.21. The predicted molar refractivity (Wildman–Crippen MR) is 130 cm³/mol. The predicted octanol–water partition coefficient (Wildman–Crippen LogP) is 7.42. The van der Waals surface area contributed by atoms with Crippen molar-refractivity contribution in [3.05, 3.63) is 89.5 Å². The van der Waals surface area contributed by atoms with Gasteiger partial charge in [-0.3, -0.25) is 0 Å². The summed E-state index contributed by atoms with van der Waals surface area (Å²) in [5.41, 5.74) is 6.13. The zero-order valence-electron chi connectivity index (χ0n) is 17.1. The third kappa shape index (κ3) is 6.58. The molecule has 30 heavy (non-hydrogen) atoms. The molecular weight excluding hydrogens is 382 g/mol. The summed E-state index contributed by atoms with van der Waals surface area (Å²) in [6, 6.07) is 24.4. The van der Waals surface area contributed by atoms with E-state index in [1.54, 1.807) is 0 Å². The maximum Gasteiger partial charge on any atom is 0.0740 e. The third-order valence-corrected chi connectivity index (χ3v) is 4.73. The summed E-state index contributed by atoms with van der Waals surface area (Å²) < 4.78 is 0. The number of thiocarbonyl (C=S) groups is 1. The molecule has 3 aromatic carbocycles. The standard InChI is InChI=1S/C28H23NS/c1-2-3-4-5-6-7-23-10-16-26(17-11-23)27-18-12-24(13-19-27)8-9-25-14-20-28(21-15-25)29-22-30/h10-21H,2-5H2,1H3. The molecular formula is C28H23NS. The highest BCUT2D eigenvalue weighted by Crippen LogP contribution is 2.20. The number of hydrogen-bond donors (Lipinski definition) is 0. The van der Waals surface area contributed by atoms with Crippen LogP contribution in [0.25, 0.3) is 11.1 Å². The molecule has 0 aliphatic heterocycles. The number of nitrogens with zero attached hydrogens (tertiary/aromatic N) is 1. The SMILES string of the molecule is CCCCCC#Cc1ccc(-c2ccc(C#Cc3ccc(N=C=S)cc3)cc2)cc1. The van der Waals surface area contributed by atoms with Crippen LogP contribution in [0.2, 0.25) is 0 Å². The fourth-order valence-electron chi connectivity index (χ4n) is 2.94. The Morgan fingerprint density at radius 2 is 1.17 bits per heavy atom. The molecule has 0 aliphatic rings. The van der Waals surface area contributed by atoms with Crippen molar-refractivity contribution in [3.8, 4) is 34.8 Å². The normalized spacial score (nSPS) is 9.50. The van der Waals surface area contributed by atoms with E-state index in [9.17, 15) is 0 Å². The van der Waals surface area contributed by atoms with Gasteiger partial charge in [-0.2, -0.15) is 4.99 Å². The molecule has 0 saturated heterocycles. The second-order valence-electron chi connectivity index (χ2n) is 6.91. The minimum absolute atomic E-state index is 0.786. The highest BCUT2D eigenvalue weighted by molar-refractivity contribution is 7.78. The van der Waals surface area contributed by atoms with Crippen LogP contribution in [0.3, 0.4) is 0 Å². The van der Waals surface area contributed by atoms with E-state index in [1.165, 1.54) is 30.4 Å². The number of rotatable bonds is 5. The summed E-state index contributed by atoms with van der Waals surface area (Å²) in [7, 11) is 0. The number of isothiocyanates is 1. The summed E-state index contributed by atoms with van der Waals surface area (Å²) in [5.74, 6) is 12.9. The van der Waals surface area contributed by atoms with Gasteiger partial charge in [0.1, 0.15) is 0 Å². The minimum atomic E-state index is 0.786. The Bertz CT molecular complexity index is 1130. The van der Waals surface area contributed by atoms with Gasteiger partial charge < -0.3 is 0 Å². The second kappa shape index (κ2) is 11.5. The zero-order chi connectivity index (χ0) is 21.0. The number of benzene rings is 3. The molecule has 0 radical (unpaired) electrons. The highest BCUT2D eigenvalue weighted by Gasteiger charge is 1.98. The average molecular weight is 406 g/mol. The largest absolute Gasteiger partial charge is 0.195 e. The van der Waals surface area contributed by atoms with Crippen LogP contribution in [0.15, 0.2) is 77.8 Å². The molecule has 0 N–H and O–H groups in total.